The quantitative estimate of drug-likeness (QED) is 0.916. The maximum Gasteiger partial charge on any atom is 0.254 e. The number of nitrogens with two attached hydrogens (primary N) is 1. The van der Waals surface area contributed by atoms with Crippen LogP contribution in [0.15, 0.2) is 18.2 Å². The number of carbonyl (C=O) groups excluding carboxylic acids is 1. The summed E-state index contributed by atoms with van der Waals surface area (Å²) in [4.78, 5) is 14.1. The van der Waals surface area contributed by atoms with E-state index in [9.17, 15) is 4.79 Å². The van der Waals surface area contributed by atoms with Crippen LogP contribution in [0.25, 0.3) is 0 Å². The highest BCUT2D eigenvalue weighted by Gasteiger charge is 2.32. The number of rotatable bonds is 4. The van der Waals surface area contributed by atoms with E-state index in [1.807, 2.05) is 4.90 Å². The van der Waals surface area contributed by atoms with Gasteiger partial charge in [0.2, 0.25) is 0 Å². The lowest BCUT2D eigenvalue weighted by Crippen LogP contribution is -2.37. The van der Waals surface area contributed by atoms with Gasteiger partial charge in [-0.15, -0.1) is 0 Å². The summed E-state index contributed by atoms with van der Waals surface area (Å²) in [6.07, 6.45) is 2.13. The molecule has 2 N–H and O–H groups in total. The topological polar surface area (TPSA) is 46.3 Å². The summed E-state index contributed by atoms with van der Waals surface area (Å²) in [6.45, 7) is 1.06. The van der Waals surface area contributed by atoms with E-state index in [-0.39, 0.29) is 5.91 Å². The Kier molecular flexibility index (Phi) is 3.92. The number of amides is 1. The molecule has 1 fully saturated rings. The molecular formula is C12H14Cl2N2O. The van der Waals surface area contributed by atoms with E-state index in [0.717, 1.165) is 12.8 Å². The predicted molar refractivity (Wildman–Crippen MR) is 69.6 cm³/mol. The fourth-order valence-electron chi connectivity index (χ4n) is 1.77. The van der Waals surface area contributed by atoms with Gasteiger partial charge in [0.1, 0.15) is 0 Å². The Morgan fingerprint density at radius 2 is 2.06 bits per heavy atom. The molecule has 1 aliphatic rings. The molecule has 0 spiro atoms. The first-order valence-electron chi connectivity index (χ1n) is 5.59. The van der Waals surface area contributed by atoms with Gasteiger partial charge >= 0.3 is 0 Å². The van der Waals surface area contributed by atoms with E-state index in [1.165, 1.54) is 0 Å². The van der Waals surface area contributed by atoms with Gasteiger partial charge in [0.15, 0.2) is 0 Å². The van der Waals surface area contributed by atoms with Crippen LogP contribution in [-0.2, 0) is 0 Å². The van der Waals surface area contributed by atoms with E-state index in [0.29, 0.717) is 34.7 Å². The smallest absolute Gasteiger partial charge is 0.254 e. The number of nitrogens with zero attached hydrogens (tertiary/aromatic N) is 1. The van der Waals surface area contributed by atoms with Gasteiger partial charge in [-0.3, -0.25) is 4.79 Å². The van der Waals surface area contributed by atoms with Crippen LogP contribution in [0.4, 0.5) is 0 Å². The molecule has 2 rings (SSSR count). The van der Waals surface area contributed by atoms with Gasteiger partial charge in [0, 0.05) is 24.7 Å². The maximum absolute atomic E-state index is 12.2. The molecule has 3 nitrogen and oxygen atoms in total. The minimum absolute atomic E-state index is 0.0171. The summed E-state index contributed by atoms with van der Waals surface area (Å²) in [7, 11) is 0. The van der Waals surface area contributed by atoms with Crippen LogP contribution in [0.5, 0.6) is 0 Å². The Morgan fingerprint density at radius 1 is 1.35 bits per heavy atom. The molecule has 0 radical (unpaired) electrons. The molecule has 0 aromatic heterocycles. The summed E-state index contributed by atoms with van der Waals surface area (Å²) in [5.74, 6) is -0.0171. The zero-order valence-corrected chi connectivity index (χ0v) is 10.8. The summed E-state index contributed by atoms with van der Waals surface area (Å²) < 4.78 is 0. The number of benzene rings is 1. The van der Waals surface area contributed by atoms with E-state index >= 15 is 0 Å². The fourth-order valence-corrected chi connectivity index (χ4v) is 2.07. The van der Waals surface area contributed by atoms with Gasteiger partial charge in [-0.2, -0.15) is 0 Å². The third-order valence-corrected chi connectivity index (χ3v) is 3.52. The molecular weight excluding hydrogens is 259 g/mol. The fraction of sp³-hybridized carbons (Fsp3) is 0.417. The second-order valence-electron chi connectivity index (χ2n) is 4.15. The first kappa shape index (κ1) is 12.7. The third-order valence-electron chi connectivity index (χ3n) is 2.79. The predicted octanol–water partition coefficient (Wildman–Crippen LogP) is 2.56. The first-order chi connectivity index (χ1) is 8.13. The van der Waals surface area contributed by atoms with Crippen molar-refractivity contribution in [1.82, 2.24) is 4.90 Å². The van der Waals surface area contributed by atoms with Gasteiger partial charge in [-0.25, -0.2) is 0 Å². The van der Waals surface area contributed by atoms with Crippen LogP contribution in [-0.4, -0.2) is 29.9 Å². The largest absolute Gasteiger partial charge is 0.334 e. The lowest BCUT2D eigenvalue weighted by molar-refractivity contribution is 0.0748. The van der Waals surface area contributed by atoms with E-state index in [2.05, 4.69) is 0 Å². The van der Waals surface area contributed by atoms with Crippen LogP contribution in [0.3, 0.4) is 0 Å². The second-order valence-corrected chi connectivity index (χ2v) is 4.96. The zero-order chi connectivity index (χ0) is 12.4. The van der Waals surface area contributed by atoms with Gasteiger partial charge in [0.25, 0.3) is 5.91 Å². The Labute approximate surface area is 110 Å². The molecule has 1 aromatic carbocycles. The molecule has 0 unspecified atom stereocenters. The van der Waals surface area contributed by atoms with E-state index in [4.69, 9.17) is 28.9 Å². The molecule has 0 aliphatic heterocycles. The zero-order valence-electron chi connectivity index (χ0n) is 9.33. The summed E-state index contributed by atoms with van der Waals surface area (Å²) >= 11 is 11.7. The SMILES string of the molecule is NCCN(C(=O)c1ccc(Cl)c(Cl)c1)C1CC1. The lowest BCUT2D eigenvalue weighted by atomic mass is 10.2. The number of halogens is 2. The molecule has 1 saturated carbocycles. The molecule has 5 heteroatoms. The van der Waals surface area contributed by atoms with Crippen LogP contribution >= 0.6 is 23.2 Å². The van der Waals surface area contributed by atoms with Crippen molar-refractivity contribution in [1.29, 1.82) is 0 Å². The van der Waals surface area contributed by atoms with Gasteiger partial charge in [-0.05, 0) is 31.0 Å². The van der Waals surface area contributed by atoms with Crippen LogP contribution < -0.4 is 5.73 Å². The van der Waals surface area contributed by atoms with Crippen molar-refractivity contribution in [2.24, 2.45) is 5.73 Å². The van der Waals surface area contributed by atoms with Gasteiger partial charge in [0.05, 0.1) is 10.0 Å². The minimum Gasteiger partial charge on any atom is -0.334 e. The van der Waals surface area contributed by atoms with Crippen LogP contribution in [0.2, 0.25) is 10.0 Å². The molecule has 1 aliphatic carbocycles. The standard InChI is InChI=1S/C12H14Cl2N2O/c13-10-4-1-8(7-11(10)14)12(17)16(6-5-15)9-2-3-9/h1,4,7,9H,2-3,5-6,15H2. The summed E-state index contributed by atoms with van der Waals surface area (Å²) in [5.41, 5.74) is 6.09. The number of carbonyl (C=O) groups is 1. The van der Waals surface area contributed by atoms with Crippen LogP contribution in [0.1, 0.15) is 23.2 Å². The monoisotopic (exact) mass is 272 g/mol. The lowest BCUT2D eigenvalue weighted by Gasteiger charge is -2.21. The molecule has 0 heterocycles. The molecule has 0 bridgehead atoms. The average Bonchev–Trinajstić information content (AvgIpc) is 3.13. The first-order valence-corrected chi connectivity index (χ1v) is 6.35. The molecule has 0 saturated heterocycles. The second kappa shape index (κ2) is 5.25. The molecule has 0 atom stereocenters. The average molecular weight is 273 g/mol. The van der Waals surface area contributed by atoms with E-state index in [1.54, 1.807) is 18.2 Å². The molecule has 17 heavy (non-hydrogen) atoms. The Bertz CT molecular complexity index is 433. The summed E-state index contributed by atoms with van der Waals surface area (Å²) in [6, 6.07) is 5.30. The van der Waals surface area contributed by atoms with Crippen molar-refractivity contribution < 1.29 is 4.79 Å². The van der Waals surface area contributed by atoms with Crippen molar-refractivity contribution in [3.05, 3.63) is 33.8 Å². The van der Waals surface area contributed by atoms with Crippen molar-refractivity contribution in [2.75, 3.05) is 13.1 Å². The molecule has 1 amide bonds. The highest BCUT2D eigenvalue weighted by Crippen LogP contribution is 2.29. The Balaban J connectivity index is 2.19. The Morgan fingerprint density at radius 3 is 2.59 bits per heavy atom. The van der Waals surface area contributed by atoms with Crippen molar-refractivity contribution in [2.45, 2.75) is 18.9 Å². The molecule has 1 aromatic rings. The van der Waals surface area contributed by atoms with Crippen molar-refractivity contribution >= 4 is 29.1 Å². The van der Waals surface area contributed by atoms with Crippen molar-refractivity contribution in [3.63, 3.8) is 0 Å². The molecule has 92 valence electrons. The Hall–Kier alpha value is -0.770. The highest BCUT2D eigenvalue weighted by atomic mass is 35.5. The van der Waals surface area contributed by atoms with Crippen molar-refractivity contribution in [3.8, 4) is 0 Å². The maximum atomic E-state index is 12.2. The van der Waals surface area contributed by atoms with Crippen LogP contribution in [0, 0.1) is 0 Å². The number of hydrogen-bond acceptors (Lipinski definition) is 2. The van der Waals surface area contributed by atoms with Gasteiger partial charge in [-0.1, -0.05) is 23.2 Å². The summed E-state index contributed by atoms with van der Waals surface area (Å²) in [5, 5.41) is 0.862. The van der Waals surface area contributed by atoms with Gasteiger partial charge < -0.3 is 10.6 Å². The highest BCUT2D eigenvalue weighted by molar-refractivity contribution is 6.42. The normalized spacial score (nSPS) is 14.8. The minimum atomic E-state index is -0.0171. The van der Waals surface area contributed by atoms with E-state index < -0.39 is 0 Å². The number of hydrogen-bond donors (Lipinski definition) is 1. The third kappa shape index (κ3) is 2.92.